The Morgan fingerprint density at radius 1 is 1.09 bits per heavy atom. The van der Waals surface area contributed by atoms with Gasteiger partial charge in [-0.2, -0.15) is 5.10 Å². The summed E-state index contributed by atoms with van der Waals surface area (Å²) in [5.41, 5.74) is 0.775. The number of fused-ring (bicyclic) bond motifs is 2. The van der Waals surface area contributed by atoms with Crippen LogP contribution in [0.2, 0.25) is 0 Å². The van der Waals surface area contributed by atoms with Crippen LogP contribution in [0.25, 0.3) is 0 Å². The van der Waals surface area contributed by atoms with Crippen LogP contribution in [0.4, 0.5) is 0 Å². The molecule has 0 radical (unpaired) electrons. The van der Waals surface area contributed by atoms with Gasteiger partial charge in [-0.15, -0.1) is 0 Å². The van der Waals surface area contributed by atoms with Crippen LogP contribution < -0.4 is 0 Å². The lowest BCUT2D eigenvalue weighted by atomic mass is 9.96. The fraction of sp³-hybridized carbons (Fsp3) is 0.412. The molecule has 3 heterocycles. The van der Waals surface area contributed by atoms with Crippen LogP contribution in [-0.2, 0) is 0 Å². The number of amides is 1. The summed E-state index contributed by atoms with van der Waals surface area (Å²) in [6, 6.07) is 10.8. The summed E-state index contributed by atoms with van der Waals surface area (Å²) in [6.07, 6.45) is 8.11. The number of benzene rings is 1. The summed E-state index contributed by atoms with van der Waals surface area (Å²) in [6.45, 7) is 0. The lowest BCUT2D eigenvalue weighted by molar-refractivity contribution is 0.0523. The van der Waals surface area contributed by atoms with E-state index in [-0.39, 0.29) is 5.91 Å². The van der Waals surface area contributed by atoms with E-state index in [2.05, 4.69) is 30.6 Å². The molecule has 2 fully saturated rings. The van der Waals surface area contributed by atoms with Crippen molar-refractivity contribution in [2.75, 3.05) is 0 Å². The molecule has 0 aliphatic carbocycles. The van der Waals surface area contributed by atoms with Crippen molar-refractivity contribution in [3.8, 4) is 0 Å². The molecule has 22 heavy (non-hydrogen) atoms. The number of nitrogens with zero attached hydrogens (tertiary/aromatic N) is 3. The standard InChI is InChI=1S/C17H18BrN3O/c18-16-5-2-1-4-15(16)17(22)21-12-6-7-13(21)11-14(10-12)20-9-3-8-19-20/h1-5,8-9,12-14H,6-7,10-11H2. The first kappa shape index (κ1) is 14.0. The van der Waals surface area contributed by atoms with Gasteiger partial charge in [-0.3, -0.25) is 9.48 Å². The van der Waals surface area contributed by atoms with Gasteiger partial charge in [-0.1, -0.05) is 12.1 Å². The first-order valence-electron chi connectivity index (χ1n) is 7.80. The van der Waals surface area contributed by atoms with Gasteiger partial charge in [-0.05, 0) is 59.8 Å². The van der Waals surface area contributed by atoms with Crippen LogP contribution in [0.15, 0.2) is 47.2 Å². The molecule has 1 aromatic heterocycles. The molecule has 2 aliphatic rings. The molecule has 2 saturated heterocycles. The Hall–Kier alpha value is -1.62. The predicted octanol–water partition coefficient (Wildman–Crippen LogP) is 3.65. The summed E-state index contributed by atoms with van der Waals surface area (Å²) in [7, 11) is 0. The second-order valence-corrected chi connectivity index (χ2v) is 7.04. The molecule has 4 rings (SSSR count). The summed E-state index contributed by atoms with van der Waals surface area (Å²) >= 11 is 3.51. The van der Waals surface area contributed by atoms with Crippen molar-refractivity contribution in [2.24, 2.45) is 0 Å². The predicted molar refractivity (Wildman–Crippen MR) is 87.6 cm³/mol. The molecule has 0 N–H and O–H groups in total. The van der Waals surface area contributed by atoms with Crippen molar-refractivity contribution in [1.82, 2.24) is 14.7 Å². The average molecular weight is 360 g/mol. The number of halogens is 1. The summed E-state index contributed by atoms with van der Waals surface area (Å²) in [5.74, 6) is 0.166. The summed E-state index contributed by atoms with van der Waals surface area (Å²) in [5, 5.41) is 4.38. The van der Waals surface area contributed by atoms with Crippen molar-refractivity contribution in [3.63, 3.8) is 0 Å². The van der Waals surface area contributed by atoms with Crippen LogP contribution >= 0.6 is 15.9 Å². The number of carbonyl (C=O) groups is 1. The normalized spacial score (nSPS) is 27.1. The van der Waals surface area contributed by atoms with Crippen molar-refractivity contribution in [1.29, 1.82) is 0 Å². The van der Waals surface area contributed by atoms with E-state index in [1.165, 1.54) is 0 Å². The molecule has 2 unspecified atom stereocenters. The third kappa shape index (κ3) is 2.28. The first-order chi connectivity index (χ1) is 10.7. The highest BCUT2D eigenvalue weighted by Gasteiger charge is 2.44. The van der Waals surface area contributed by atoms with E-state index in [1.807, 2.05) is 42.7 Å². The molecule has 2 bridgehead atoms. The molecule has 0 spiro atoms. The Morgan fingerprint density at radius 2 is 1.82 bits per heavy atom. The quantitative estimate of drug-likeness (QED) is 0.820. The molecule has 1 aromatic carbocycles. The van der Waals surface area contributed by atoms with Gasteiger partial charge in [0.1, 0.15) is 0 Å². The number of carbonyl (C=O) groups excluding carboxylic acids is 1. The lowest BCUT2D eigenvalue weighted by Crippen LogP contribution is -2.47. The van der Waals surface area contributed by atoms with E-state index in [9.17, 15) is 4.79 Å². The largest absolute Gasteiger partial charge is 0.332 e. The van der Waals surface area contributed by atoms with E-state index in [0.717, 1.165) is 35.7 Å². The minimum atomic E-state index is 0.166. The fourth-order valence-corrected chi connectivity index (χ4v) is 4.42. The molecule has 2 aliphatic heterocycles. The monoisotopic (exact) mass is 359 g/mol. The zero-order valence-corrected chi connectivity index (χ0v) is 13.8. The Kier molecular flexibility index (Phi) is 3.53. The Labute approximate surface area is 138 Å². The fourth-order valence-electron chi connectivity index (χ4n) is 3.97. The summed E-state index contributed by atoms with van der Waals surface area (Å²) < 4.78 is 2.94. The van der Waals surface area contributed by atoms with E-state index in [4.69, 9.17) is 0 Å². The molecule has 2 aromatic rings. The maximum Gasteiger partial charge on any atom is 0.255 e. The Balaban J connectivity index is 1.58. The number of hydrogen-bond acceptors (Lipinski definition) is 2. The van der Waals surface area contributed by atoms with E-state index >= 15 is 0 Å². The van der Waals surface area contributed by atoms with Gasteiger partial charge in [-0.25, -0.2) is 0 Å². The number of piperidine rings is 1. The van der Waals surface area contributed by atoms with Gasteiger partial charge >= 0.3 is 0 Å². The van der Waals surface area contributed by atoms with Gasteiger partial charge in [0, 0.05) is 29.0 Å². The SMILES string of the molecule is O=C(c1ccccc1Br)N1C2CCC1CC(n1cccn1)C2. The van der Waals surface area contributed by atoms with Gasteiger partial charge in [0.05, 0.1) is 11.6 Å². The molecule has 4 nitrogen and oxygen atoms in total. The second-order valence-electron chi connectivity index (χ2n) is 6.19. The molecule has 2 atom stereocenters. The summed E-state index contributed by atoms with van der Waals surface area (Å²) in [4.78, 5) is 15.1. The smallest absolute Gasteiger partial charge is 0.255 e. The Morgan fingerprint density at radius 3 is 2.45 bits per heavy atom. The first-order valence-corrected chi connectivity index (χ1v) is 8.59. The van der Waals surface area contributed by atoms with Crippen molar-refractivity contribution < 1.29 is 4.79 Å². The zero-order valence-electron chi connectivity index (χ0n) is 12.2. The highest BCUT2D eigenvalue weighted by atomic mass is 79.9. The zero-order chi connectivity index (χ0) is 15.1. The number of rotatable bonds is 2. The van der Waals surface area contributed by atoms with Crippen LogP contribution in [0.1, 0.15) is 42.1 Å². The second kappa shape index (κ2) is 5.54. The topological polar surface area (TPSA) is 38.1 Å². The van der Waals surface area contributed by atoms with E-state index < -0.39 is 0 Å². The maximum atomic E-state index is 12.9. The number of aromatic nitrogens is 2. The van der Waals surface area contributed by atoms with E-state index in [1.54, 1.807) is 0 Å². The molecular formula is C17H18BrN3O. The van der Waals surface area contributed by atoms with Crippen LogP contribution in [-0.4, -0.2) is 32.7 Å². The third-order valence-corrected chi connectivity index (χ3v) is 5.64. The highest BCUT2D eigenvalue weighted by Crippen LogP contribution is 2.41. The van der Waals surface area contributed by atoms with Gasteiger partial charge in [0.2, 0.25) is 0 Å². The third-order valence-electron chi connectivity index (χ3n) is 4.95. The van der Waals surface area contributed by atoms with Crippen molar-refractivity contribution in [2.45, 2.75) is 43.8 Å². The van der Waals surface area contributed by atoms with Gasteiger partial charge < -0.3 is 4.90 Å². The van der Waals surface area contributed by atoms with Crippen LogP contribution in [0, 0.1) is 0 Å². The van der Waals surface area contributed by atoms with Crippen LogP contribution in [0.5, 0.6) is 0 Å². The molecule has 1 amide bonds. The number of hydrogen-bond donors (Lipinski definition) is 0. The van der Waals surface area contributed by atoms with Crippen molar-refractivity contribution >= 4 is 21.8 Å². The Bertz CT molecular complexity index is 671. The van der Waals surface area contributed by atoms with Gasteiger partial charge in [0.15, 0.2) is 0 Å². The lowest BCUT2D eigenvalue weighted by Gasteiger charge is -2.39. The van der Waals surface area contributed by atoms with Crippen molar-refractivity contribution in [3.05, 3.63) is 52.8 Å². The minimum absolute atomic E-state index is 0.166. The average Bonchev–Trinajstić information content (AvgIpc) is 3.14. The molecular weight excluding hydrogens is 342 g/mol. The molecule has 5 heteroatoms. The minimum Gasteiger partial charge on any atom is -0.332 e. The highest BCUT2D eigenvalue weighted by molar-refractivity contribution is 9.10. The van der Waals surface area contributed by atoms with Crippen LogP contribution in [0.3, 0.4) is 0 Å². The maximum absolute atomic E-state index is 12.9. The molecule has 0 saturated carbocycles. The van der Waals surface area contributed by atoms with Gasteiger partial charge in [0.25, 0.3) is 5.91 Å². The van der Waals surface area contributed by atoms with E-state index in [0.29, 0.717) is 18.1 Å². The molecule has 114 valence electrons.